The molecule has 88 valence electrons. The Morgan fingerprint density at radius 1 is 1.25 bits per heavy atom. The number of ketones is 1. The third kappa shape index (κ3) is 3.17. The second kappa shape index (κ2) is 4.79. The van der Waals surface area contributed by atoms with Crippen LogP contribution in [0.1, 0.15) is 43.6 Å². The van der Waals surface area contributed by atoms with Crippen molar-refractivity contribution in [1.82, 2.24) is 4.90 Å². The lowest BCUT2D eigenvalue weighted by atomic mass is 10.0. The molecule has 0 saturated heterocycles. The van der Waals surface area contributed by atoms with E-state index < -0.39 is 0 Å². The fourth-order valence-corrected chi connectivity index (χ4v) is 1.49. The van der Waals surface area contributed by atoms with Crippen molar-refractivity contribution in [2.75, 3.05) is 7.05 Å². The summed E-state index contributed by atoms with van der Waals surface area (Å²) in [5.74, 6) is 0.137. The van der Waals surface area contributed by atoms with Gasteiger partial charge in [-0.15, -0.1) is 0 Å². The largest absolute Gasteiger partial charge is 0.297 e. The van der Waals surface area contributed by atoms with Crippen molar-refractivity contribution in [2.45, 2.75) is 39.8 Å². The number of benzene rings is 1. The van der Waals surface area contributed by atoms with Crippen molar-refractivity contribution >= 4 is 5.78 Å². The van der Waals surface area contributed by atoms with Gasteiger partial charge in [0.05, 0.1) is 0 Å². The molecule has 0 unspecified atom stereocenters. The predicted octanol–water partition coefficient (Wildman–Crippen LogP) is 3.12. The normalized spacial score (nSPS) is 11.9. The molecule has 1 aromatic carbocycles. The zero-order valence-electron chi connectivity index (χ0n) is 10.9. The van der Waals surface area contributed by atoms with Crippen LogP contribution in [0.4, 0.5) is 0 Å². The van der Waals surface area contributed by atoms with Crippen LogP contribution < -0.4 is 0 Å². The summed E-state index contributed by atoms with van der Waals surface area (Å²) in [6.45, 7) is 8.94. The number of carbonyl (C=O) groups excluding carboxylic acids is 1. The Morgan fingerprint density at radius 2 is 1.81 bits per heavy atom. The maximum Gasteiger partial charge on any atom is 0.160 e. The lowest BCUT2D eigenvalue weighted by Gasteiger charge is -2.32. The minimum Gasteiger partial charge on any atom is -0.297 e. The van der Waals surface area contributed by atoms with Crippen LogP contribution in [0.5, 0.6) is 0 Å². The smallest absolute Gasteiger partial charge is 0.160 e. The maximum absolute atomic E-state index is 11.5. The molecule has 0 aliphatic carbocycles. The van der Waals surface area contributed by atoms with Crippen LogP contribution in [-0.4, -0.2) is 23.3 Å². The molecule has 0 aliphatic rings. The van der Waals surface area contributed by atoms with Gasteiger partial charge in [0, 0.05) is 17.6 Å². The molecule has 0 saturated carbocycles. The highest BCUT2D eigenvalue weighted by molar-refractivity contribution is 5.95. The van der Waals surface area contributed by atoms with Gasteiger partial charge in [-0.1, -0.05) is 24.3 Å². The third-order valence-electron chi connectivity index (χ3n) is 2.95. The first-order chi connectivity index (χ1) is 7.32. The molecule has 1 aromatic rings. The Balaban J connectivity index is 2.93. The SMILES string of the molecule is CC(=O)c1ccccc1CN(C)C(C)(C)C. The lowest BCUT2D eigenvalue weighted by molar-refractivity contribution is 0.101. The highest BCUT2D eigenvalue weighted by Gasteiger charge is 2.18. The maximum atomic E-state index is 11.5. The molecule has 1 rings (SSSR count). The zero-order valence-corrected chi connectivity index (χ0v) is 10.9. The molecule has 0 atom stereocenters. The number of rotatable bonds is 3. The minimum absolute atomic E-state index is 0.115. The molecule has 16 heavy (non-hydrogen) atoms. The Kier molecular flexibility index (Phi) is 3.87. The number of hydrogen-bond donors (Lipinski definition) is 0. The summed E-state index contributed by atoms with van der Waals surface area (Å²) >= 11 is 0. The van der Waals surface area contributed by atoms with E-state index in [-0.39, 0.29) is 11.3 Å². The second-order valence-corrected chi connectivity index (χ2v) is 5.24. The van der Waals surface area contributed by atoms with Crippen LogP contribution in [0.2, 0.25) is 0 Å². The Bertz CT molecular complexity index is 377. The highest BCUT2D eigenvalue weighted by atomic mass is 16.1. The van der Waals surface area contributed by atoms with Gasteiger partial charge >= 0.3 is 0 Å². The molecule has 2 nitrogen and oxygen atoms in total. The zero-order chi connectivity index (χ0) is 12.3. The molecule has 0 amide bonds. The van der Waals surface area contributed by atoms with Crippen LogP contribution in [0.15, 0.2) is 24.3 Å². The first-order valence-electron chi connectivity index (χ1n) is 5.62. The van der Waals surface area contributed by atoms with E-state index in [0.717, 1.165) is 17.7 Å². The number of carbonyl (C=O) groups is 1. The lowest BCUT2D eigenvalue weighted by Crippen LogP contribution is -2.37. The van der Waals surface area contributed by atoms with E-state index in [0.29, 0.717) is 0 Å². The van der Waals surface area contributed by atoms with E-state index in [2.05, 4.69) is 32.7 Å². The van der Waals surface area contributed by atoms with Crippen molar-refractivity contribution in [3.05, 3.63) is 35.4 Å². The first kappa shape index (κ1) is 12.9. The van der Waals surface area contributed by atoms with Crippen molar-refractivity contribution in [3.63, 3.8) is 0 Å². The van der Waals surface area contributed by atoms with E-state index in [4.69, 9.17) is 0 Å². The van der Waals surface area contributed by atoms with Gasteiger partial charge in [-0.2, -0.15) is 0 Å². The fourth-order valence-electron chi connectivity index (χ4n) is 1.49. The van der Waals surface area contributed by atoms with Gasteiger partial charge in [0.15, 0.2) is 5.78 Å². The highest BCUT2D eigenvalue weighted by Crippen LogP contribution is 2.17. The number of Topliss-reactive ketones (excluding diaryl/α,β-unsaturated/α-hetero) is 1. The van der Waals surface area contributed by atoms with Gasteiger partial charge in [0.1, 0.15) is 0 Å². The predicted molar refractivity (Wildman–Crippen MR) is 67.7 cm³/mol. The fraction of sp³-hybridized carbons (Fsp3) is 0.500. The van der Waals surface area contributed by atoms with E-state index in [9.17, 15) is 4.79 Å². The van der Waals surface area contributed by atoms with E-state index >= 15 is 0 Å². The number of hydrogen-bond acceptors (Lipinski definition) is 2. The molecule has 0 spiro atoms. The molecule has 0 radical (unpaired) electrons. The van der Waals surface area contributed by atoms with Gasteiger partial charge in [-0.3, -0.25) is 9.69 Å². The van der Waals surface area contributed by atoms with Crippen molar-refractivity contribution in [2.24, 2.45) is 0 Å². The van der Waals surface area contributed by atoms with E-state index in [1.54, 1.807) is 6.92 Å². The van der Waals surface area contributed by atoms with Crippen LogP contribution in [-0.2, 0) is 6.54 Å². The van der Waals surface area contributed by atoms with Crippen molar-refractivity contribution in [1.29, 1.82) is 0 Å². The summed E-state index contributed by atoms with van der Waals surface area (Å²) in [6, 6.07) is 7.82. The molecular weight excluding hydrogens is 198 g/mol. The summed E-state index contributed by atoms with van der Waals surface area (Å²) in [5, 5.41) is 0. The summed E-state index contributed by atoms with van der Waals surface area (Å²) in [5.41, 5.74) is 2.05. The Hall–Kier alpha value is -1.15. The molecule has 2 heteroatoms. The molecule has 0 fully saturated rings. The second-order valence-electron chi connectivity index (χ2n) is 5.24. The van der Waals surface area contributed by atoms with Gasteiger partial charge in [0.2, 0.25) is 0 Å². The van der Waals surface area contributed by atoms with Gasteiger partial charge < -0.3 is 0 Å². The van der Waals surface area contributed by atoms with Gasteiger partial charge in [-0.05, 0) is 40.3 Å². The average Bonchev–Trinajstić information content (AvgIpc) is 2.16. The van der Waals surface area contributed by atoms with Crippen LogP contribution >= 0.6 is 0 Å². The van der Waals surface area contributed by atoms with Gasteiger partial charge in [-0.25, -0.2) is 0 Å². The summed E-state index contributed by atoms with van der Waals surface area (Å²) in [7, 11) is 2.08. The molecule has 0 bridgehead atoms. The molecule has 0 N–H and O–H groups in total. The summed E-state index contributed by atoms with van der Waals surface area (Å²) in [6.07, 6.45) is 0. The standard InChI is InChI=1S/C14H21NO/c1-11(16)13-9-7-6-8-12(13)10-15(5)14(2,3)4/h6-9H,10H2,1-5H3. The Labute approximate surface area is 98.3 Å². The Morgan fingerprint density at radius 3 is 2.31 bits per heavy atom. The van der Waals surface area contributed by atoms with Crippen molar-refractivity contribution < 1.29 is 4.79 Å². The molecule has 0 aliphatic heterocycles. The molecular formula is C14H21NO. The minimum atomic E-state index is 0.115. The van der Waals surface area contributed by atoms with E-state index in [1.807, 2.05) is 24.3 Å². The quantitative estimate of drug-likeness (QED) is 0.728. The average molecular weight is 219 g/mol. The topological polar surface area (TPSA) is 20.3 Å². The third-order valence-corrected chi connectivity index (χ3v) is 2.95. The first-order valence-corrected chi connectivity index (χ1v) is 5.62. The van der Waals surface area contributed by atoms with Gasteiger partial charge in [0.25, 0.3) is 0 Å². The summed E-state index contributed by atoms with van der Waals surface area (Å²) < 4.78 is 0. The van der Waals surface area contributed by atoms with Crippen LogP contribution in [0.25, 0.3) is 0 Å². The van der Waals surface area contributed by atoms with Crippen LogP contribution in [0, 0.1) is 0 Å². The van der Waals surface area contributed by atoms with Crippen molar-refractivity contribution in [3.8, 4) is 0 Å². The van der Waals surface area contributed by atoms with Crippen LogP contribution in [0.3, 0.4) is 0 Å². The van der Waals surface area contributed by atoms with E-state index in [1.165, 1.54) is 0 Å². The molecule has 0 heterocycles. The monoisotopic (exact) mass is 219 g/mol. The summed E-state index contributed by atoms with van der Waals surface area (Å²) in [4.78, 5) is 13.7. The molecule has 0 aromatic heterocycles. The number of nitrogens with zero attached hydrogens (tertiary/aromatic N) is 1.